The van der Waals surface area contributed by atoms with E-state index in [1.807, 2.05) is 24.3 Å². The largest absolute Gasteiger partial charge is 0.480 e. The van der Waals surface area contributed by atoms with Gasteiger partial charge in [-0.3, -0.25) is 4.79 Å². The van der Waals surface area contributed by atoms with Crippen molar-refractivity contribution in [3.05, 3.63) is 59.7 Å². The summed E-state index contributed by atoms with van der Waals surface area (Å²) in [6.07, 6.45) is 0.545. The molecule has 2 amide bonds. The second-order valence-corrected chi connectivity index (χ2v) is 9.95. The summed E-state index contributed by atoms with van der Waals surface area (Å²) >= 11 is 1.56. The second kappa shape index (κ2) is 9.09. The Morgan fingerprint density at radius 3 is 2.30 bits per heavy atom. The maximum Gasteiger partial charge on any atom is 0.407 e. The van der Waals surface area contributed by atoms with Crippen LogP contribution in [0.3, 0.4) is 0 Å². The molecule has 2 aliphatic carbocycles. The zero-order valence-corrected chi connectivity index (χ0v) is 18.9. The molecule has 1 unspecified atom stereocenters. The zero-order chi connectivity index (χ0) is 22.9. The predicted octanol–water partition coefficient (Wildman–Crippen LogP) is 3.33. The van der Waals surface area contributed by atoms with Crippen molar-refractivity contribution in [3.8, 4) is 11.1 Å². The molecule has 0 aromatic heterocycles. The first-order chi connectivity index (χ1) is 16.0. The number of nitrogens with zero attached hydrogens (tertiary/aromatic N) is 1. The molecular formula is C25H26N2O5S. The highest BCUT2D eigenvalue weighted by Gasteiger charge is 2.42. The van der Waals surface area contributed by atoms with Crippen LogP contribution in [-0.2, 0) is 14.3 Å². The van der Waals surface area contributed by atoms with Crippen LogP contribution >= 0.6 is 11.8 Å². The number of thioether (sulfide) groups is 1. The fourth-order valence-corrected chi connectivity index (χ4v) is 6.09. The third kappa shape index (κ3) is 4.19. The van der Waals surface area contributed by atoms with Crippen LogP contribution < -0.4 is 5.32 Å². The molecule has 2 N–H and O–H groups in total. The summed E-state index contributed by atoms with van der Waals surface area (Å²) in [5.41, 5.74) is 4.68. The number of nitrogens with one attached hydrogen (secondary N) is 1. The molecule has 8 heteroatoms. The molecule has 0 bridgehead atoms. The fourth-order valence-electron chi connectivity index (χ4n) is 5.05. The average Bonchev–Trinajstić information content (AvgIpc) is 3.13. The molecule has 1 saturated carbocycles. The van der Waals surface area contributed by atoms with E-state index in [-0.39, 0.29) is 30.4 Å². The number of rotatable bonds is 5. The van der Waals surface area contributed by atoms with Crippen LogP contribution in [0.25, 0.3) is 11.1 Å². The van der Waals surface area contributed by atoms with E-state index in [0.717, 1.165) is 16.9 Å². The lowest BCUT2D eigenvalue weighted by molar-refractivity contribution is -0.152. The SMILES string of the molecule is O=C(NC1CC(C(=O)N2CCSCC2C(=O)O)C1)OCC1c2ccccc2-c2ccccc21. The molecule has 2 aromatic carbocycles. The van der Waals surface area contributed by atoms with Crippen molar-refractivity contribution >= 4 is 29.7 Å². The van der Waals surface area contributed by atoms with Gasteiger partial charge in [0.25, 0.3) is 0 Å². The Morgan fingerprint density at radius 2 is 1.67 bits per heavy atom. The number of carboxylic acids is 1. The minimum absolute atomic E-state index is 0.00351. The van der Waals surface area contributed by atoms with Gasteiger partial charge in [-0.15, -0.1) is 0 Å². The number of fused-ring (bicyclic) bond motifs is 3. The molecule has 1 heterocycles. The second-order valence-electron chi connectivity index (χ2n) is 8.80. The van der Waals surface area contributed by atoms with Crippen LogP contribution in [-0.4, -0.2) is 64.7 Å². The Kier molecular flexibility index (Phi) is 6.01. The number of hydrogen-bond donors (Lipinski definition) is 2. The van der Waals surface area contributed by atoms with Gasteiger partial charge in [0.1, 0.15) is 12.6 Å². The van der Waals surface area contributed by atoms with Gasteiger partial charge in [0.15, 0.2) is 0 Å². The predicted molar refractivity (Wildman–Crippen MR) is 125 cm³/mol. The van der Waals surface area contributed by atoms with Gasteiger partial charge >= 0.3 is 12.1 Å². The monoisotopic (exact) mass is 466 g/mol. The maximum absolute atomic E-state index is 12.8. The number of carbonyl (C=O) groups is 3. The van der Waals surface area contributed by atoms with Gasteiger partial charge in [-0.1, -0.05) is 48.5 Å². The number of benzene rings is 2. The first kappa shape index (κ1) is 21.8. The Labute approximate surface area is 196 Å². The molecule has 33 heavy (non-hydrogen) atoms. The smallest absolute Gasteiger partial charge is 0.407 e. The van der Waals surface area contributed by atoms with Gasteiger partial charge in [-0.05, 0) is 35.1 Å². The summed E-state index contributed by atoms with van der Waals surface area (Å²) in [7, 11) is 0. The van der Waals surface area contributed by atoms with Crippen LogP contribution in [0.2, 0.25) is 0 Å². The van der Waals surface area contributed by atoms with E-state index in [1.165, 1.54) is 16.0 Å². The number of hydrogen-bond acceptors (Lipinski definition) is 5. The van der Waals surface area contributed by atoms with E-state index < -0.39 is 18.1 Å². The number of carboxylic acid groups (broad SMARTS) is 1. The number of carbonyl (C=O) groups excluding carboxylic acids is 2. The van der Waals surface area contributed by atoms with Crippen LogP contribution in [0.5, 0.6) is 0 Å². The molecule has 172 valence electrons. The molecule has 0 spiro atoms. The summed E-state index contributed by atoms with van der Waals surface area (Å²) in [6, 6.07) is 15.5. The highest BCUT2D eigenvalue weighted by Crippen LogP contribution is 2.44. The molecular weight excluding hydrogens is 440 g/mol. The van der Waals surface area contributed by atoms with Gasteiger partial charge < -0.3 is 20.1 Å². The van der Waals surface area contributed by atoms with Gasteiger partial charge in [0.05, 0.1) is 0 Å². The third-order valence-corrected chi connectivity index (χ3v) is 7.87. The highest BCUT2D eigenvalue weighted by molar-refractivity contribution is 7.99. The Hall–Kier alpha value is -3.00. The van der Waals surface area contributed by atoms with Crippen molar-refractivity contribution in [2.45, 2.75) is 30.8 Å². The summed E-state index contributed by atoms with van der Waals surface area (Å²) < 4.78 is 5.58. The lowest BCUT2D eigenvalue weighted by Crippen LogP contribution is -2.56. The van der Waals surface area contributed by atoms with Crippen LogP contribution in [0.1, 0.15) is 29.9 Å². The first-order valence-corrected chi connectivity index (χ1v) is 12.4. The lowest BCUT2D eigenvalue weighted by atomic mass is 9.79. The molecule has 1 atom stereocenters. The van der Waals surface area contributed by atoms with E-state index >= 15 is 0 Å². The van der Waals surface area contributed by atoms with Crippen LogP contribution in [0.15, 0.2) is 48.5 Å². The van der Waals surface area contributed by atoms with Crippen molar-refractivity contribution in [3.63, 3.8) is 0 Å². The van der Waals surface area contributed by atoms with Crippen LogP contribution in [0, 0.1) is 5.92 Å². The Balaban J connectivity index is 1.13. The summed E-state index contributed by atoms with van der Waals surface area (Å²) in [5.74, 6) is -0.132. The molecule has 1 aliphatic heterocycles. The van der Waals surface area contributed by atoms with Gasteiger partial charge in [-0.25, -0.2) is 9.59 Å². The molecule has 2 fully saturated rings. The molecule has 3 aliphatic rings. The quantitative estimate of drug-likeness (QED) is 0.702. The molecule has 1 saturated heterocycles. The summed E-state index contributed by atoms with van der Waals surface area (Å²) in [6.45, 7) is 0.710. The molecule has 7 nitrogen and oxygen atoms in total. The number of amides is 2. The van der Waals surface area contributed by atoms with Gasteiger partial charge in [0.2, 0.25) is 5.91 Å². The van der Waals surface area contributed by atoms with Crippen molar-refractivity contribution in [1.82, 2.24) is 10.2 Å². The Bertz CT molecular complexity index is 1040. The van der Waals surface area contributed by atoms with E-state index in [2.05, 4.69) is 29.6 Å². The van der Waals surface area contributed by atoms with Crippen molar-refractivity contribution in [2.24, 2.45) is 5.92 Å². The summed E-state index contributed by atoms with van der Waals surface area (Å²) in [5, 5.41) is 12.2. The lowest BCUT2D eigenvalue weighted by Gasteiger charge is -2.40. The van der Waals surface area contributed by atoms with E-state index in [4.69, 9.17) is 4.74 Å². The minimum Gasteiger partial charge on any atom is -0.480 e. The highest BCUT2D eigenvalue weighted by atomic mass is 32.2. The third-order valence-electron chi connectivity index (χ3n) is 6.85. The first-order valence-electron chi connectivity index (χ1n) is 11.3. The Morgan fingerprint density at radius 1 is 1.03 bits per heavy atom. The van der Waals surface area contributed by atoms with Gasteiger partial charge in [0, 0.05) is 35.9 Å². The summed E-state index contributed by atoms with van der Waals surface area (Å²) in [4.78, 5) is 38.2. The normalized spacial score (nSPS) is 23.8. The number of alkyl carbamates (subject to hydrolysis) is 1. The van der Waals surface area contributed by atoms with Crippen molar-refractivity contribution in [1.29, 1.82) is 0 Å². The number of ether oxygens (including phenoxy) is 1. The molecule has 0 radical (unpaired) electrons. The van der Waals surface area contributed by atoms with E-state index in [0.29, 0.717) is 25.1 Å². The molecule has 5 rings (SSSR count). The van der Waals surface area contributed by atoms with E-state index in [1.54, 1.807) is 11.8 Å². The topological polar surface area (TPSA) is 95.9 Å². The minimum atomic E-state index is -0.955. The van der Waals surface area contributed by atoms with Gasteiger partial charge in [-0.2, -0.15) is 11.8 Å². The molecule has 2 aromatic rings. The maximum atomic E-state index is 12.8. The standard InChI is InChI=1S/C25H26N2O5S/c28-23(27-9-10-33-14-22(27)24(29)30)15-11-16(12-15)26-25(31)32-13-21-19-7-3-1-5-17(19)18-6-2-4-8-20(18)21/h1-8,15-16,21-22H,9-14H2,(H,26,31)(H,29,30). The van der Waals surface area contributed by atoms with Crippen molar-refractivity contribution in [2.75, 3.05) is 24.7 Å². The van der Waals surface area contributed by atoms with E-state index in [9.17, 15) is 19.5 Å². The van der Waals surface area contributed by atoms with Crippen molar-refractivity contribution < 1.29 is 24.2 Å². The number of aliphatic carboxylic acids is 1. The average molecular weight is 467 g/mol. The fraction of sp³-hybridized carbons (Fsp3) is 0.400. The zero-order valence-electron chi connectivity index (χ0n) is 18.1. The van der Waals surface area contributed by atoms with Crippen LogP contribution in [0.4, 0.5) is 4.79 Å².